The van der Waals surface area contributed by atoms with Crippen LogP contribution in [0, 0.1) is 10.1 Å². The van der Waals surface area contributed by atoms with E-state index >= 15 is 0 Å². The molecule has 8 heteroatoms. The number of nitro groups is 1. The maximum Gasteiger partial charge on any atom is 0.337 e. The molecule has 0 aliphatic carbocycles. The van der Waals surface area contributed by atoms with Crippen molar-refractivity contribution < 1.29 is 18.7 Å². The van der Waals surface area contributed by atoms with Gasteiger partial charge in [-0.1, -0.05) is 0 Å². The summed E-state index contributed by atoms with van der Waals surface area (Å²) in [4.78, 5) is 21.8. The maximum atomic E-state index is 11.4. The summed E-state index contributed by atoms with van der Waals surface area (Å²) in [6, 6.07) is 3.92. The van der Waals surface area contributed by atoms with Crippen molar-refractivity contribution in [2.24, 2.45) is 0 Å². The van der Waals surface area contributed by atoms with Gasteiger partial charge in [-0.25, -0.2) is 4.79 Å². The average Bonchev–Trinajstić information content (AvgIpc) is 2.43. The molecule has 20 heavy (non-hydrogen) atoms. The Morgan fingerprint density at radius 2 is 2.20 bits per heavy atom. The summed E-state index contributed by atoms with van der Waals surface area (Å²) in [5, 5.41) is 13.6. The molecular formula is C12H16N2O5S. The molecular weight excluding hydrogens is 284 g/mol. The van der Waals surface area contributed by atoms with Crippen LogP contribution in [0.2, 0.25) is 0 Å². The fourth-order valence-electron chi connectivity index (χ4n) is 1.45. The van der Waals surface area contributed by atoms with Gasteiger partial charge in [0.25, 0.3) is 5.69 Å². The van der Waals surface area contributed by atoms with E-state index in [1.54, 1.807) is 13.2 Å². The van der Waals surface area contributed by atoms with Crippen molar-refractivity contribution in [2.75, 3.05) is 25.2 Å². The van der Waals surface area contributed by atoms with E-state index in [-0.39, 0.29) is 22.2 Å². The molecule has 0 aliphatic heterocycles. The zero-order valence-electron chi connectivity index (χ0n) is 11.4. The van der Waals surface area contributed by atoms with Crippen LogP contribution in [0.1, 0.15) is 17.3 Å². The molecule has 0 aliphatic rings. The number of nitrogens with one attached hydrogen (secondary N) is 1. The number of carbonyl (C=O) groups is 1. The van der Waals surface area contributed by atoms with Gasteiger partial charge in [0.15, 0.2) is 0 Å². The van der Waals surface area contributed by atoms with Gasteiger partial charge in [0.1, 0.15) is 5.69 Å². The van der Waals surface area contributed by atoms with Crippen LogP contribution in [0.5, 0.6) is 0 Å². The van der Waals surface area contributed by atoms with Gasteiger partial charge in [-0.15, -0.1) is 0 Å². The molecule has 0 bridgehead atoms. The van der Waals surface area contributed by atoms with Crippen LogP contribution in [0.25, 0.3) is 0 Å². The minimum absolute atomic E-state index is 0.147. The number of anilines is 1. The monoisotopic (exact) mass is 300 g/mol. The van der Waals surface area contributed by atoms with Gasteiger partial charge in [-0.3, -0.25) is 14.3 Å². The van der Waals surface area contributed by atoms with Crippen molar-refractivity contribution >= 4 is 28.1 Å². The van der Waals surface area contributed by atoms with Gasteiger partial charge in [0, 0.05) is 34.9 Å². The predicted molar refractivity (Wildman–Crippen MR) is 76.5 cm³/mol. The highest BCUT2D eigenvalue weighted by atomic mass is 32.2. The van der Waals surface area contributed by atoms with Crippen molar-refractivity contribution in [1.82, 2.24) is 0 Å². The van der Waals surface area contributed by atoms with E-state index in [1.165, 1.54) is 25.3 Å². The van der Waals surface area contributed by atoms with Crippen LogP contribution in [-0.2, 0) is 15.5 Å². The number of rotatable bonds is 6. The minimum Gasteiger partial charge on any atom is -0.465 e. The van der Waals surface area contributed by atoms with Crippen molar-refractivity contribution in [2.45, 2.75) is 12.2 Å². The number of carbonyl (C=O) groups excluding carboxylic acids is 1. The molecule has 0 amide bonds. The van der Waals surface area contributed by atoms with Crippen molar-refractivity contribution in [3.63, 3.8) is 0 Å². The summed E-state index contributed by atoms with van der Waals surface area (Å²) >= 11 is 0. The first kappa shape index (κ1) is 16.1. The largest absolute Gasteiger partial charge is 0.465 e. The first-order chi connectivity index (χ1) is 9.36. The normalized spacial score (nSPS) is 13.3. The Morgan fingerprint density at radius 3 is 2.70 bits per heavy atom. The second-order valence-corrected chi connectivity index (χ2v) is 5.97. The Hall–Kier alpha value is -1.96. The van der Waals surface area contributed by atoms with Crippen molar-refractivity contribution in [3.05, 3.63) is 33.9 Å². The number of hydrogen-bond donors (Lipinski definition) is 1. The third-order valence-electron chi connectivity index (χ3n) is 2.76. The summed E-state index contributed by atoms with van der Waals surface area (Å²) in [5.74, 6) is -0.574. The Morgan fingerprint density at radius 1 is 1.55 bits per heavy atom. The Balaban J connectivity index is 3.03. The molecule has 0 saturated carbocycles. The summed E-state index contributed by atoms with van der Waals surface area (Å²) in [7, 11) is 0.194. The van der Waals surface area contributed by atoms with E-state index < -0.39 is 21.7 Å². The van der Waals surface area contributed by atoms with Crippen LogP contribution in [0.3, 0.4) is 0 Å². The van der Waals surface area contributed by atoms with Crippen molar-refractivity contribution in [3.8, 4) is 0 Å². The number of methoxy groups -OCH3 is 1. The van der Waals surface area contributed by atoms with E-state index in [4.69, 9.17) is 0 Å². The first-order valence-electron chi connectivity index (χ1n) is 5.79. The van der Waals surface area contributed by atoms with E-state index in [0.29, 0.717) is 6.54 Å². The lowest BCUT2D eigenvalue weighted by atomic mass is 10.1. The van der Waals surface area contributed by atoms with Crippen LogP contribution in [0.4, 0.5) is 11.4 Å². The molecule has 0 heterocycles. The fourth-order valence-corrected chi connectivity index (χ4v) is 1.77. The predicted octanol–water partition coefficient (Wildman–Crippen LogP) is 1.56. The second-order valence-electron chi connectivity index (χ2n) is 4.17. The number of benzene rings is 1. The number of ether oxygens (including phenoxy) is 1. The zero-order valence-corrected chi connectivity index (χ0v) is 12.2. The van der Waals surface area contributed by atoms with E-state index in [2.05, 4.69) is 10.1 Å². The number of nitro benzene ring substituents is 1. The van der Waals surface area contributed by atoms with Crippen LogP contribution in [0.15, 0.2) is 18.2 Å². The molecule has 0 saturated heterocycles. The molecule has 110 valence electrons. The molecule has 7 nitrogen and oxygen atoms in total. The molecule has 0 spiro atoms. The number of esters is 1. The Kier molecular flexibility index (Phi) is 5.63. The summed E-state index contributed by atoms with van der Waals surface area (Å²) in [5.41, 5.74) is 0.271. The SMILES string of the molecule is COC(=O)c1ccc([N+](=O)[O-])c(NCC(C)S(C)=O)c1. The molecule has 1 rings (SSSR count). The van der Waals surface area contributed by atoms with E-state index in [1.807, 2.05) is 0 Å². The van der Waals surface area contributed by atoms with Crippen LogP contribution in [-0.4, -0.2) is 40.3 Å². The molecule has 1 N–H and O–H groups in total. The smallest absolute Gasteiger partial charge is 0.337 e. The van der Waals surface area contributed by atoms with Gasteiger partial charge in [-0.2, -0.15) is 0 Å². The minimum atomic E-state index is -1.04. The highest BCUT2D eigenvalue weighted by molar-refractivity contribution is 7.84. The van der Waals surface area contributed by atoms with Gasteiger partial charge in [0.2, 0.25) is 0 Å². The van der Waals surface area contributed by atoms with Crippen LogP contribution < -0.4 is 5.32 Å². The third kappa shape index (κ3) is 4.02. The molecule has 0 fully saturated rings. The number of nitrogens with zero attached hydrogens (tertiary/aromatic N) is 1. The maximum absolute atomic E-state index is 11.4. The van der Waals surface area contributed by atoms with E-state index in [9.17, 15) is 19.1 Å². The van der Waals surface area contributed by atoms with Gasteiger partial charge in [0.05, 0.1) is 17.6 Å². The standard InChI is InChI=1S/C12H16N2O5S/c1-8(20(3)18)7-13-10-6-9(12(15)19-2)4-5-11(10)14(16)17/h4-6,8,13H,7H2,1-3H3. The molecule has 1 aromatic carbocycles. The summed E-state index contributed by atoms with van der Waals surface area (Å²) < 4.78 is 15.8. The summed E-state index contributed by atoms with van der Waals surface area (Å²) in [6.45, 7) is 2.06. The molecule has 1 aromatic rings. The lowest BCUT2D eigenvalue weighted by Crippen LogP contribution is -2.21. The summed E-state index contributed by atoms with van der Waals surface area (Å²) in [6.07, 6.45) is 1.56. The number of hydrogen-bond acceptors (Lipinski definition) is 6. The molecule has 0 radical (unpaired) electrons. The van der Waals surface area contributed by atoms with Crippen molar-refractivity contribution in [1.29, 1.82) is 0 Å². The Labute approximate surface area is 118 Å². The highest BCUT2D eigenvalue weighted by Crippen LogP contribution is 2.25. The van der Waals surface area contributed by atoms with Gasteiger partial charge < -0.3 is 10.1 Å². The molecule has 2 atom stereocenters. The van der Waals surface area contributed by atoms with E-state index in [0.717, 1.165) is 0 Å². The zero-order chi connectivity index (χ0) is 15.3. The average molecular weight is 300 g/mol. The van der Waals surface area contributed by atoms with Gasteiger partial charge in [-0.05, 0) is 19.1 Å². The Bertz CT molecular complexity index is 547. The molecule has 2 unspecified atom stereocenters. The highest BCUT2D eigenvalue weighted by Gasteiger charge is 2.18. The van der Waals surface area contributed by atoms with Gasteiger partial charge >= 0.3 is 5.97 Å². The quantitative estimate of drug-likeness (QED) is 0.486. The third-order valence-corrected chi connectivity index (χ3v) is 4.06. The topological polar surface area (TPSA) is 98.5 Å². The molecule has 0 aromatic heterocycles. The second kappa shape index (κ2) is 6.99. The van der Waals surface area contributed by atoms with Crippen LogP contribution >= 0.6 is 0 Å². The lowest BCUT2D eigenvalue weighted by Gasteiger charge is -2.12. The lowest BCUT2D eigenvalue weighted by molar-refractivity contribution is -0.384. The first-order valence-corrected chi connectivity index (χ1v) is 7.41. The fraction of sp³-hybridized carbons (Fsp3) is 0.417.